The number of halogens is 3. The van der Waals surface area contributed by atoms with Crippen LogP contribution < -0.4 is 0 Å². The van der Waals surface area contributed by atoms with Crippen molar-refractivity contribution in [3.05, 3.63) is 11.8 Å². The molecule has 0 radical (unpaired) electrons. The third kappa shape index (κ3) is 1.59. The molecule has 3 nitrogen and oxygen atoms in total. The molecule has 1 fully saturated rings. The van der Waals surface area contributed by atoms with Gasteiger partial charge in [-0.3, -0.25) is 0 Å². The molecule has 0 amide bonds. The molecule has 0 aliphatic heterocycles. The van der Waals surface area contributed by atoms with E-state index in [1.54, 1.807) is 6.92 Å². The number of fused-ring (bicyclic) bond motifs is 2. The van der Waals surface area contributed by atoms with Crippen LogP contribution in [-0.2, 0) is 14.3 Å². The van der Waals surface area contributed by atoms with E-state index in [1.165, 1.54) is 6.08 Å². The highest BCUT2D eigenvalue weighted by atomic mass is 32.2. The maximum atomic E-state index is 12.3. The van der Waals surface area contributed by atoms with Gasteiger partial charge < -0.3 is 4.18 Å². The molecular formula is C11H15F3O3S. The predicted molar refractivity (Wildman–Crippen MR) is 58.8 cm³/mol. The van der Waals surface area contributed by atoms with Crippen molar-refractivity contribution >= 4 is 10.1 Å². The molecule has 0 aromatic heterocycles. The van der Waals surface area contributed by atoms with Gasteiger partial charge in [0.2, 0.25) is 0 Å². The SMILES string of the molecule is CC1(C)[C@@H]2C=C(OS(=O)(=O)C(F)(F)F)[C@@]1(C)CC2. The zero-order chi connectivity index (χ0) is 14.0. The Hall–Kier alpha value is -0.720. The maximum Gasteiger partial charge on any atom is 0.534 e. The molecule has 104 valence electrons. The van der Waals surface area contributed by atoms with Gasteiger partial charge in [0.1, 0.15) is 5.76 Å². The fraction of sp³-hybridized carbons (Fsp3) is 0.818. The number of alkyl halides is 3. The highest BCUT2D eigenvalue weighted by Gasteiger charge is 2.61. The zero-order valence-electron chi connectivity index (χ0n) is 10.3. The molecule has 18 heavy (non-hydrogen) atoms. The second-order valence-electron chi connectivity index (χ2n) is 5.71. The number of hydrogen-bond acceptors (Lipinski definition) is 3. The molecule has 0 unspecified atom stereocenters. The molecular weight excluding hydrogens is 269 g/mol. The first kappa shape index (κ1) is 13.7. The van der Waals surface area contributed by atoms with E-state index in [1.807, 2.05) is 13.8 Å². The molecule has 7 heteroatoms. The zero-order valence-corrected chi connectivity index (χ0v) is 11.2. The molecule has 2 rings (SSSR count). The van der Waals surface area contributed by atoms with Crippen molar-refractivity contribution in [3.63, 3.8) is 0 Å². The average molecular weight is 284 g/mol. The average Bonchev–Trinajstić information content (AvgIpc) is 2.48. The Morgan fingerprint density at radius 3 is 2.22 bits per heavy atom. The third-order valence-electron chi connectivity index (χ3n) is 4.68. The van der Waals surface area contributed by atoms with E-state index >= 15 is 0 Å². The summed E-state index contributed by atoms with van der Waals surface area (Å²) in [4.78, 5) is 0. The van der Waals surface area contributed by atoms with Crippen molar-refractivity contribution in [1.29, 1.82) is 0 Å². The van der Waals surface area contributed by atoms with Gasteiger partial charge in [-0.2, -0.15) is 21.6 Å². The Bertz CT molecular complexity index is 504. The molecule has 0 aromatic rings. The van der Waals surface area contributed by atoms with Crippen LogP contribution in [0.5, 0.6) is 0 Å². The Morgan fingerprint density at radius 1 is 1.33 bits per heavy atom. The molecule has 0 saturated heterocycles. The van der Waals surface area contributed by atoms with Crippen LogP contribution in [0.1, 0.15) is 33.6 Å². The lowest BCUT2D eigenvalue weighted by atomic mass is 9.70. The topological polar surface area (TPSA) is 43.4 Å². The van der Waals surface area contributed by atoms with E-state index in [0.717, 1.165) is 6.42 Å². The molecule has 1 saturated carbocycles. The van der Waals surface area contributed by atoms with Gasteiger partial charge in [0, 0.05) is 5.41 Å². The van der Waals surface area contributed by atoms with Gasteiger partial charge >= 0.3 is 15.6 Å². The lowest BCUT2D eigenvalue weighted by Gasteiger charge is -2.36. The van der Waals surface area contributed by atoms with Crippen LogP contribution >= 0.6 is 0 Å². The molecule has 0 aromatic carbocycles. The smallest absolute Gasteiger partial charge is 0.380 e. The summed E-state index contributed by atoms with van der Waals surface area (Å²) in [6.07, 6.45) is 3.03. The largest absolute Gasteiger partial charge is 0.534 e. The molecule has 0 heterocycles. The molecule has 2 bridgehead atoms. The van der Waals surface area contributed by atoms with Crippen molar-refractivity contribution in [2.45, 2.75) is 39.1 Å². The highest BCUT2D eigenvalue weighted by molar-refractivity contribution is 7.87. The van der Waals surface area contributed by atoms with Crippen molar-refractivity contribution in [3.8, 4) is 0 Å². The normalized spacial score (nSPS) is 34.6. The van der Waals surface area contributed by atoms with Crippen LogP contribution in [0.15, 0.2) is 11.8 Å². The van der Waals surface area contributed by atoms with E-state index in [-0.39, 0.29) is 17.1 Å². The number of hydrogen-bond donors (Lipinski definition) is 0. The summed E-state index contributed by atoms with van der Waals surface area (Å²) < 4.78 is 63.4. The fourth-order valence-electron chi connectivity index (χ4n) is 2.92. The quantitative estimate of drug-likeness (QED) is 0.577. The standard InChI is InChI=1S/C11H15F3O3S/c1-9(2)7-4-5-10(9,3)8(6-7)17-18(15,16)11(12,13)14/h6-7H,4-5H2,1-3H3/t7-,10+/m0/s1. The molecule has 2 aliphatic rings. The molecule has 0 N–H and O–H groups in total. The van der Waals surface area contributed by atoms with Gasteiger partial charge in [0.05, 0.1) is 0 Å². The van der Waals surface area contributed by atoms with Crippen LogP contribution in [0.2, 0.25) is 0 Å². The summed E-state index contributed by atoms with van der Waals surface area (Å²) >= 11 is 0. The van der Waals surface area contributed by atoms with Crippen LogP contribution in [-0.4, -0.2) is 13.9 Å². The first-order valence-corrected chi connectivity index (χ1v) is 7.06. The van der Waals surface area contributed by atoms with Crippen LogP contribution in [0.25, 0.3) is 0 Å². The molecule has 2 atom stereocenters. The fourth-order valence-corrected chi connectivity index (χ4v) is 3.49. The monoisotopic (exact) mass is 284 g/mol. The Balaban J connectivity index is 2.33. The third-order valence-corrected chi connectivity index (χ3v) is 5.65. The molecule has 0 spiro atoms. The van der Waals surface area contributed by atoms with Gasteiger partial charge in [0.25, 0.3) is 0 Å². The van der Waals surface area contributed by atoms with E-state index < -0.39 is 21.0 Å². The summed E-state index contributed by atoms with van der Waals surface area (Å²) in [7, 11) is -5.56. The number of rotatable bonds is 2. The minimum Gasteiger partial charge on any atom is -0.380 e. The lowest BCUT2D eigenvalue weighted by molar-refractivity contribution is -0.0538. The van der Waals surface area contributed by atoms with Crippen molar-refractivity contribution in [1.82, 2.24) is 0 Å². The van der Waals surface area contributed by atoms with E-state index in [4.69, 9.17) is 0 Å². The van der Waals surface area contributed by atoms with Crippen molar-refractivity contribution in [2.75, 3.05) is 0 Å². The van der Waals surface area contributed by atoms with Crippen LogP contribution in [0, 0.1) is 16.7 Å². The first-order chi connectivity index (χ1) is 7.92. The van der Waals surface area contributed by atoms with Crippen molar-refractivity contribution < 1.29 is 25.8 Å². The Morgan fingerprint density at radius 2 is 1.89 bits per heavy atom. The van der Waals surface area contributed by atoms with Gasteiger partial charge in [-0.15, -0.1) is 0 Å². The van der Waals surface area contributed by atoms with Gasteiger partial charge in [-0.05, 0) is 30.3 Å². The number of allylic oxidation sites excluding steroid dienone is 2. The van der Waals surface area contributed by atoms with E-state index in [0.29, 0.717) is 6.42 Å². The van der Waals surface area contributed by atoms with Gasteiger partial charge in [-0.1, -0.05) is 20.8 Å². The minimum atomic E-state index is -5.56. The summed E-state index contributed by atoms with van der Waals surface area (Å²) in [5, 5.41) is 0. The van der Waals surface area contributed by atoms with Gasteiger partial charge in [-0.25, -0.2) is 0 Å². The summed E-state index contributed by atoms with van der Waals surface area (Å²) in [5.74, 6) is 0.0157. The lowest BCUT2D eigenvalue weighted by Crippen LogP contribution is -2.34. The Labute approximate surface area is 104 Å². The van der Waals surface area contributed by atoms with Crippen molar-refractivity contribution in [2.24, 2.45) is 16.7 Å². The van der Waals surface area contributed by atoms with Gasteiger partial charge in [0.15, 0.2) is 0 Å². The van der Waals surface area contributed by atoms with Crippen LogP contribution in [0.4, 0.5) is 13.2 Å². The second-order valence-corrected chi connectivity index (χ2v) is 7.25. The predicted octanol–water partition coefficient (Wildman–Crippen LogP) is 3.19. The second kappa shape index (κ2) is 3.43. The summed E-state index contributed by atoms with van der Waals surface area (Å²) in [5.41, 5.74) is -6.30. The van der Waals surface area contributed by atoms with E-state index in [9.17, 15) is 21.6 Å². The maximum absolute atomic E-state index is 12.3. The Kier molecular flexibility index (Phi) is 2.61. The van der Waals surface area contributed by atoms with E-state index in [2.05, 4.69) is 4.18 Å². The highest BCUT2D eigenvalue weighted by Crippen LogP contribution is 2.65. The first-order valence-electron chi connectivity index (χ1n) is 5.65. The summed E-state index contributed by atoms with van der Waals surface area (Å²) in [6.45, 7) is 5.62. The minimum absolute atomic E-state index is 0.0546. The summed E-state index contributed by atoms with van der Waals surface area (Å²) in [6, 6.07) is 0. The molecule has 2 aliphatic carbocycles. The van der Waals surface area contributed by atoms with Crippen LogP contribution in [0.3, 0.4) is 0 Å².